The molecule has 0 aromatic heterocycles. The van der Waals surface area contributed by atoms with Gasteiger partial charge in [-0.05, 0) is 24.1 Å². The number of rotatable bonds is 4. The minimum atomic E-state index is -3.63. The molecule has 0 bridgehead atoms. The molecule has 0 amide bonds. The van der Waals surface area contributed by atoms with Crippen molar-refractivity contribution in [3.05, 3.63) is 29.8 Å². The Morgan fingerprint density at radius 3 is 2.19 bits per heavy atom. The van der Waals surface area contributed by atoms with Gasteiger partial charge in [0.05, 0.1) is 0 Å². The number of sulfone groups is 1. The summed E-state index contributed by atoms with van der Waals surface area (Å²) in [6, 6.07) is 5.76. The van der Waals surface area contributed by atoms with Gasteiger partial charge in [-0.2, -0.15) is 0 Å². The number of carboxylic acid groups (broad SMARTS) is 1. The van der Waals surface area contributed by atoms with Crippen molar-refractivity contribution in [1.29, 1.82) is 0 Å². The van der Waals surface area contributed by atoms with Crippen molar-refractivity contribution in [3.8, 4) is 5.75 Å². The molecule has 2 N–H and O–H groups in total. The Bertz CT molecular complexity index is 474. The molecule has 0 fully saturated rings. The van der Waals surface area contributed by atoms with E-state index in [4.69, 9.17) is 10.2 Å². The summed E-state index contributed by atoms with van der Waals surface area (Å²) in [5.74, 6) is -1.31. The average molecular weight is 244 g/mol. The minimum Gasteiger partial charge on any atom is -0.508 e. The second kappa shape index (κ2) is 4.52. The molecule has 1 aromatic rings. The maximum Gasteiger partial charge on any atom is 0.322 e. The highest BCUT2D eigenvalue weighted by molar-refractivity contribution is 7.92. The van der Waals surface area contributed by atoms with Gasteiger partial charge in [-0.15, -0.1) is 0 Å². The molecule has 1 unspecified atom stereocenters. The van der Waals surface area contributed by atoms with Gasteiger partial charge in [0.15, 0.2) is 15.1 Å². The highest BCUT2D eigenvalue weighted by atomic mass is 32.2. The molecule has 0 aliphatic rings. The van der Waals surface area contributed by atoms with Crippen LogP contribution in [-0.4, -0.2) is 36.1 Å². The van der Waals surface area contributed by atoms with Crippen molar-refractivity contribution in [2.24, 2.45) is 0 Å². The molecule has 5 nitrogen and oxygen atoms in total. The third-order valence-corrected chi connectivity index (χ3v) is 3.55. The molecule has 0 radical (unpaired) electrons. The summed E-state index contributed by atoms with van der Waals surface area (Å²) in [5, 5.41) is 16.4. The van der Waals surface area contributed by atoms with Crippen molar-refractivity contribution in [3.63, 3.8) is 0 Å². The van der Waals surface area contributed by atoms with Crippen LogP contribution in [-0.2, 0) is 21.1 Å². The van der Waals surface area contributed by atoms with E-state index in [0.29, 0.717) is 5.56 Å². The van der Waals surface area contributed by atoms with Crippen LogP contribution in [0, 0.1) is 0 Å². The normalized spacial score (nSPS) is 13.3. The third-order valence-electron chi connectivity index (χ3n) is 2.15. The lowest BCUT2D eigenvalue weighted by Crippen LogP contribution is -2.31. The highest BCUT2D eigenvalue weighted by Crippen LogP contribution is 2.14. The predicted octanol–water partition coefficient (Wildman–Crippen LogP) is 0.432. The second-order valence-electron chi connectivity index (χ2n) is 3.53. The summed E-state index contributed by atoms with van der Waals surface area (Å²) >= 11 is 0. The molecule has 88 valence electrons. The fourth-order valence-corrected chi connectivity index (χ4v) is 2.13. The van der Waals surface area contributed by atoms with E-state index in [-0.39, 0.29) is 12.2 Å². The maximum atomic E-state index is 11.2. The number of hydrogen-bond donors (Lipinski definition) is 2. The first kappa shape index (κ1) is 12.5. The standard InChI is InChI=1S/C10H12O5S/c1-16(14,15)9(10(12)13)6-7-2-4-8(11)5-3-7/h2-5,9,11H,6H2,1H3,(H,12,13). The van der Waals surface area contributed by atoms with Gasteiger partial charge in [0.2, 0.25) is 0 Å². The molecule has 0 aliphatic carbocycles. The number of phenols is 1. The third kappa shape index (κ3) is 3.23. The molecule has 16 heavy (non-hydrogen) atoms. The fraction of sp³-hybridized carbons (Fsp3) is 0.300. The van der Waals surface area contributed by atoms with E-state index in [1.165, 1.54) is 24.3 Å². The van der Waals surface area contributed by atoms with Gasteiger partial charge < -0.3 is 10.2 Å². The van der Waals surface area contributed by atoms with Crippen LogP contribution >= 0.6 is 0 Å². The van der Waals surface area contributed by atoms with Crippen LogP contribution in [0.3, 0.4) is 0 Å². The second-order valence-corrected chi connectivity index (χ2v) is 5.76. The number of aliphatic carboxylic acids is 1. The molecular formula is C10H12O5S. The Balaban J connectivity index is 2.93. The van der Waals surface area contributed by atoms with Gasteiger partial charge in [0.25, 0.3) is 0 Å². The number of phenolic OH excluding ortho intramolecular Hbond substituents is 1. The summed E-state index contributed by atoms with van der Waals surface area (Å²) in [6.07, 6.45) is 0.792. The first-order chi connectivity index (χ1) is 7.30. The molecule has 1 rings (SSSR count). The predicted molar refractivity (Wildman–Crippen MR) is 58.1 cm³/mol. The number of hydrogen-bond acceptors (Lipinski definition) is 4. The van der Waals surface area contributed by atoms with Crippen LogP contribution in [0.1, 0.15) is 5.56 Å². The number of carboxylic acids is 1. The Morgan fingerprint density at radius 1 is 1.31 bits per heavy atom. The molecule has 0 saturated heterocycles. The Morgan fingerprint density at radius 2 is 1.81 bits per heavy atom. The zero-order valence-corrected chi connectivity index (χ0v) is 9.44. The van der Waals surface area contributed by atoms with Gasteiger partial charge >= 0.3 is 5.97 Å². The molecular weight excluding hydrogens is 232 g/mol. The van der Waals surface area contributed by atoms with Crippen LogP contribution in [0.5, 0.6) is 5.75 Å². The van der Waals surface area contributed by atoms with E-state index in [2.05, 4.69) is 0 Å². The minimum absolute atomic E-state index is 0.0509. The molecule has 1 atom stereocenters. The van der Waals surface area contributed by atoms with E-state index < -0.39 is 21.1 Å². The monoisotopic (exact) mass is 244 g/mol. The topological polar surface area (TPSA) is 91.7 Å². The smallest absolute Gasteiger partial charge is 0.322 e. The lowest BCUT2D eigenvalue weighted by atomic mass is 10.1. The van der Waals surface area contributed by atoms with Gasteiger partial charge in [0.1, 0.15) is 5.75 Å². The number of carbonyl (C=O) groups is 1. The van der Waals surface area contributed by atoms with Gasteiger partial charge in [-0.25, -0.2) is 8.42 Å². The fourth-order valence-electron chi connectivity index (χ4n) is 1.27. The quantitative estimate of drug-likeness (QED) is 0.801. The zero-order chi connectivity index (χ0) is 12.3. The summed E-state index contributed by atoms with van der Waals surface area (Å²) < 4.78 is 22.4. The summed E-state index contributed by atoms with van der Waals surface area (Å²) in [4.78, 5) is 10.8. The molecule has 0 aliphatic heterocycles. The Labute approximate surface area is 93.3 Å². The van der Waals surface area contributed by atoms with Crippen molar-refractivity contribution < 1.29 is 23.4 Å². The largest absolute Gasteiger partial charge is 0.508 e. The molecule has 0 spiro atoms. The van der Waals surface area contributed by atoms with E-state index in [1.54, 1.807) is 0 Å². The van der Waals surface area contributed by atoms with Crippen molar-refractivity contribution >= 4 is 15.8 Å². The number of aromatic hydroxyl groups is 1. The van der Waals surface area contributed by atoms with Gasteiger partial charge in [-0.1, -0.05) is 12.1 Å². The summed E-state index contributed by atoms with van der Waals surface area (Å²) in [7, 11) is -3.63. The zero-order valence-electron chi connectivity index (χ0n) is 8.62. The highest BCUT2D eigenvalue weighted by Gasteiger charge is 2.28. The van der Waals surface area contributed by atoms with Crippen molar-refractivity contribution in [2.45, 2.75) is 11.7 Å². The molecule has 0 saturated carbocycles. The lowest BCUT2D eigenvalue weighted by Gasteiger charge is -2.10. The van der Waals surface area contributed by atoms with Crippen LogP contribution in [0.15, 0.2) is 24.3 Å². The number of benzene rings is 1. The van der Waals surface area contributed by atoms with Crippen LogP contribution in [0.4, 0.5) is 0 Å². The lowest BCUT2D eigenvalue weighted by molar-refractivity contribution is -0.136. The van der Waals surface area contributed by atoms with E-state index in [1.807, 2.05) is 0 Å². The first-order valence-electron chi connectivity index (χ1n) is 4.50. The molecule has 1 aromatic carbocycles. The molecule has 6 heteroatoms. The molecule has 0 heterocycles. The first-order valence-corrected chi connectivity index (χ1v) is 6.46. The van der Waals surface area contributed by atoms with Crippen LogP contribution < -0.4 is 0 Å². The maximum absolute atomic E-state index is 11.2. The summed E-state index contributed by atoms with van der Waals surface area (Å²) in [6.45, 7) is 0. The van der Waals surface area contributed by atoms with Crippen molar-refractivity contribution in [1.82, 2.24) is 0 Å². The van der Waals surface area contributed by atoms with Crippen molar-refractivity contribution in [2.75, 3.05) is 6.26 Å². The Hall–Kier alpha value is -1.56. The van der Waals surface area contributed by atoms with E-state index in [0.717, 1.165) is 6.26 Å². The van der Waals surface area contributed by atoms with Crippen LogP contribution in [0.2, 0.25) is 0 Å². The average Bonchev–Trinajstić information content (AvgIpc) is 2.14. The van der Waals surface area contributed by atoms with Gasteiger partial charge in [0, 0.05) is 6.26 Å². The van der Waals surface area contributed by atoms with Crippen LogP contribution in [0.25, 0.3) is 0 Å². The summed E-state index contributed by atoms with van der Waals surface area (Å²) in [5.41, 5.74) is 0.552. The SMILES string of the molecule is CS(=O)(=O)C(Cc1ccc(O)cc1)C(=O)O. The van der Waals surface area contributed by atoms with Gasteiger partial charge in [-0.3, -0.25) is 4.79 Å². The Kier molecular flexibility index (Phi) is 3.54. The van der Waals surface area contributed by atoms with E-state index >= 15 is 0 Å². The van der Waals surface area contributed by atoms with E-state index in [9.17, 15) is 13.2 Å².